The number of halogens is 3. The molecule has 1 atom stereocenters. The molecule has 1 aliphatic rings. The van der Waals surface area contributed by atoms with Gasteiger partial charge in [-0.25, -0.2) is 4.98 Å². The zero-order valence-corrected chi connectivity index (χ0v) is 15.6. The van der Waals surface area contributed by atoms with Crippen molar-refractivity contribution < 1.29 is 27.4 Å². The molecule has 29 heavy (non-hydrogen) atoms. The molecule has 1 aliphatic heterocycles. The summed E-state index contributed by atoms with van der Waals surface area (Å²) in [6, 6.07) is 8.80. The Bertz CT molecular complexity index is 1010. The van der Waals surface area contributed by atoms with Crippen LogP contribution in [-0.2, 0) is 5.54 Å². The summed E-state index contributed by atoms with van der Waals surface area (Å²) in [5, 5.41) is 4.59. The van der Waals surface area contributed by atoms with Gasteiger partial charge >= 0.3 is 6.36 Å². The van der Waals surface area contributed by atoms with Crippen molar-refractivity contribution >= 4 is 17.2 Å². The first-order valence-electron chi connectivity index (χ1n) is 8.53. The third-order valence-corrected chi connectivity index (χ3v) is 5.07. The van der Waals surface area contributed by atoms with Crippen LogP contribution in [0.4, 0.5) is 13.2 Å². The normalized spacial score (nSPS) is 18.4. The Hall–Kier alpha value is -3.14. The molecule has 1 aromatic carbocycles. The van der Waals surface area contributed by atoms with Gasteiger partial charge in [-0.05, 0) is 29.8 Å². The largest absolute Gasteiger partial charge is 0.573 e. The van der Waals surface area contributed by atoms with E-state index in [9.17, 15) is 18.0 Å². The summed E-state index contributed by atoms with van der Waals surface area (Å²) in [7, 11) is 0. The Balaban J connectivity index is 1.77. The summed E-state index contributed by atoms with van der Waals surface area (Å²) in [6.45, 7) is 0.289. The summed E-state index contributed by atoms with van der Waals surface area (Å²) < 4.78 is 47.1. The van der Waals surface area contributed by atoms with E-state index in [1.165, 1.54) is 35.6 Å². The summed E-state index contributed by atoms with van der Waals surface area (Å²) >= 11 is 1.28. The predicted octanol–water partition coefficient (Wildman–Crippen LogP) is 3.89. The van der Waals surface area contributed by atoms with Crippen LogP contribution in [0.1, 0.15) is 28.2 Å². The first kappa shape index (κ1) is 19.2. The van der Waals surface area contributed by atoms with Crippen molar-refractivity contribution in [3.8, 4) is 11.5 Å². The van der Waals surface area contributed by atoms with Gasteiger partial charge in [-0.1, -0.05) is 12.1 Å². The Morgan fingerprint density at radius 3 is 2.69 bits per heavy atom. The first-order valence-corrected chi connectivity index (χ1v) is 9.47. The van der Waals surface area contributed by atoms with Gasteiger partial charge in [0.05, 0.1) is 12.1 Å². The van der Waals surface area contributed by atoms with E-state index in [1.54, 1.807) is 29.2 Å². The highest BCUT2D eigenvalue weighted by atomic mass is 32.1. The second kappa shape index (κ2) is 7.36. The molecule has 10 heteroatoms. The van der Waals surface area contributed by atoms with Crippen LogP contribution < -0.4 is 14.8 Å². The van der Waals surface area contributed by atoms with E-state index in [4.69, 9.17) is 4.74 Å². The van der Waals surface area contributed by atoms with Gasteiger partial charge in [0.2, 0.25) is 0 Å². The zero-order chi connectivity index (χ0) is 20.5. The fourth-order valence-electron chi connectivity index (χ4n) is 3.26. The molecule has 0 fully saturated rings. The molecule has 6 nitrogen and oxygen atoms in total. The van der Waals surface area contributed by atoms with Gasteiger partial charge in [0.25, 0.3) is 5.91 Å². The summed E-state index contributed by atoms with van der Waals surface area (Å²) in [6.07, 6.45) is -2.88. The summed E-state index contributed by atoms with van der Waals surface area (Å²) in [5.74, 6) is -0.274. The lowest BCUT2D eigenvalue weighted by Gasteiger charge is -2.38. The lowest BCUT2D eigenvalue weighted by atomic mass is 9.81. The Morgan fingerprint density at radius 1 is 1.21 bits per heavy atom. The molecule has 0 spiro atoms. The van der Waals surface area contributed by atoms with Crippen LogP contribution >= 0.6 is 11.3 Å². The molecule has 3 heterocycles. The molecule has 0 radical (unpaired) electrons. The number of ether oxygens (including phenoxy) is 2. The van der Waals surface area contributed by atoms with Gasteiger partial charge in [-0.2, -0.15) is 0 Å². The molecule has 1 N–H and O–H groups in total. The highest BCUT2D eigenvalue weighted by molar-refractivity contribution is 7.07. The van der Waals surface area contributed by atoms with Crippen molar-refractivity contribution in [2.75, 3.05) is 6.61 Å². The summed E-state index contributed by atoms with van der Waals surface area (Å²) in [5.41, 5.74) is 1.72. The molecular formula is C19H14F3N3O3S. The first-order chi connectivity index (χ1) is 13.9. The van der Waals surface area contributed by atoms with Crippen LogP contribution in [-0.4, -0.2) is 28.8 Å². The lowest BCUT2D eigenvalue weighted by molar-refractivity contribution is -0.274. The van der Waals surface area contributed by atoms with Crippen molar-refractivity contribution in [3.05, 3.63) is 70.4 Å². The standard InChI is InChI=1S/C19H14F3N3O3S/c20-19(21,22)28-13-5-3-12(4-6-13)18(25-17(26)14-10-29-11-24-14)7-9-27-15-2-1-8-23-16(15)18/h1-6,8,10-11H,7,9H2,(H,25,26). The maximum absolute atomic E-state index is 12.8. The number of carbonyl (C=O) groups excluding carboxylic acids is 1. The number of fused-ring (bicyclic) bond motifs is 1. The molecule has 0 saturated carbocycles. The second-order valence-corrected chi connectivity index (χ2v) is 6.97. The van der Waals surface area contributed by atoms with E-state index < -0.39 is 17.8 Å². The number of carbonyl (C=O) groups is 1. The van der Waals surface area contributed by atoms with Crippen molar-refractivity contribution in [3.63, 3.8) is 0 Å². The maximum Gasteiger partial charge on any atom is 0.573 e. The molecule has 0 aliphatic carbocycles. The molecular weight excluding hydrogens is 407 g/mol. The maximum atomic E-state index is 12.8. The van der Waals surface area contributed by atoms with E-state index in [2.05, 4.69) is 20.0 Å². The van der Waals surface area contributed by atoms with Crippen LogP contribution in [0.5, 0.6) is 11.5 Å². The van der Waals surface area contributed by atoms with Gasteiger partial charge in [0.1, 0.15) is 28.4 Å². The number of rotatable bonds is 4. The highest BCUT2D eigenvalue weighted by Crippen LogP contribution is 2.41. The quantitative estimate of drug-likeness (QED) is 0.692. The molecule has 0 bridgehead atoms. The van der Waals surface area contributed by atoms with Crippen molar-refractivity contribution in [1.29, 1.82) is 0 Å². The van der Waals surface area contributed by atoms with E-state index in [-0.39, 0.29) is 18.1 Å². The molecule has 150 valence electrons. The number of nitrogens with zero attached hydrogens (tertiary/aromatic N) is 2. The molecule has 4 rings (SSSR count). The molecule has 2 aromatic heterocycles. The zero-order valence-electron chi connectivity index (χ0n) is 14.8. The molecule has 0 saturated heterocycles. The van der Waals surface area contributed by atoms with Gasteiger partial charge in [0.15, 0.2) is 0 Å². The number of hydrogen-bond donors (Lipinski definition) is 1. The molecule has 1 unspecified atom stereocenters. The van der Waals surface area contributed by atoms with E-state index >= 15 is 0 Å². The molecule has 3 aromatic rings. The average molecular weight is 421 g/mol. The van der Waals surface area contributed by atoms with Crippen LogP contribution in [0.25, 0.3) is 0 Å². The van der Waals surface area contributed by atoms with Crippen molar-refractivity contribution in [2.24, 2.45) is 0 Å². The van der Waals surface area contributed by atoms with E-state index in [0.717, 1.165) is 0 Å². The monoisotopic (exact) mass is 421 g/mol. The third-order valence-electron chi connectivity index (χ3n) is 4.48. The predicted molar refractivity (Wildman–Crippen MR) is 97.8 cm³/mol. The fourth-order valence-corrected chi connectivity index (χ4v) is 3.79. The van der Waals surface area contributed by atoms with Gasteiger partial charge in [0, 0.05) is 18.0 Å². The highest BCUT2D eigenvalue weighted by Gasteiger charge is 2.43. The number of nitrogens with one attached hydrogen (secondary N) is 1. The Kier molecular flexibility index (Phi) is 4.87. The number of amides is 1. The average Bonchev–Trinajstić information content (AvgIpc) is 3.22. The number of pyridine rings is 1. The van der Waals surface area contributed by atoms with Crippen molar-refractivity contribution in [1.82, 2.24) is 15.3 Å². The SMILES string of the molecule is O=C(NC1(c2ccc(OC(F)(F)F)cc2)CCOc2cccnc21)c1cscn1. The Labute approximate surface area is 167 Å². The van der Waals surface area contributed by atoms with Crippen LogP contribution in [0.2, 0.25) is 0 Å². The fraction of sp³-hybridized carbons (Fsp3) is 0.211. The lowest BCUT2D eigenvalue weighted by Crippen LogP contribution is -2.50. The smallest absolute Gasteiger partial charge is 0.491 e. The number of aromatic nitrogens is 2. The minimum atomic E-state index is -4.79. The Morgan fingerprint density at radius 2 is 2.00 bits per heavy atom. The van der Waals surface area contributed by atoms with E-state index in [1.807, 2.05) is 0 Å². The minimum Gasteiger partial charge on any atom is -0.491 e. The second-order valence-electron chi connectivity index (χ2n) is 6.25. The van der Waals surface area contributed by atoms with Crippen LogP contribution in [0.15, 0.2) is 53.5 Å². The number of benzene rings is 1. The number of hydrogen-bond acceptors (Lipinski definition) is 6. The van der Waals surface area contributed by atoms with E-state index in [0.29, 0.717) is 23.4 Å². The summed E-state index contributed by atoms with van der Waals surface area (Å²) in [4.78, 5) is 21.2. The topological polar surface area (TPSA) is 73.3 Å². The minimum absolute atomic E-state index is 0.246. The van der Waals surface area contributed by atoms with Crippen LogP contribution in [0, 0.1) is 0 Å². The molecule has 1 amide bonds. The van der Waals surface area contributed by atoms with Gasteiger partial charge < -0.3 is 14.8 Å². The van der Waals surface area contributed by atoms with Crippen LogP contribution in [0.3, 0.4) is 0 Å². The van der Waals surface area contributed by atoms with Gasteiger partial charge in [-0.15, -0.1) is 24.5 Å². The van der Waals surface area contributed by atoms with Gasteiger partial charge in [-0.3, -0.25) is 9.78 Å². The number of alkyl halides is 3. The third kappa shape index (κ3) is 3.88. The van der Waals surface area contributed by atoms with Crippen molar-refractivity contribution in [2.45, 2.75) is 18.3 Å². The number of thiazole rings is 1.